The summed E-state index contributed by atoms with van der Waals surface area (Å²) in [5.74, 6) is 0. The molecule has 2 nitrogen and oxygen atoms in total. The number of aromatic nitrogens is 1. The van der Waals surface area contributed by atoms with Crippen LogP contribution in [0.5, 0.6) is 0 Å². The highest BCUT2D eigenvalue weighted by atomic mass is 15.0. The largest absolute Gasteiger partial charge is 0.344 e. The Bertz CT molecular complexity index is 590. The molecule has 17 heavy (non-hydrogen) atoms. The van der Waals surface area contributed by atoms with Crippen LogP contribution in [0.4, 0.5) is 0 Å². The molecule has 1 aromatic heterocycles. The van der Waals surface area contributed by atoms with Gasteiger partial charge in [0.15, 0.2) is 0 Å². The fourth-order valence-corrected chi connectivity index (χ4v) is 3.24. The van der Waals surface area contributed by atoms with E-state index in [1.54, 1.807) is 0 Å². The zero-order chi connectivity index (χ0) is 12.2. The van der Waals surface area contributed by atoms with Crippen molar-refractivity contribution in [3.05, 3.63) is 35.0 Å². The van der Waals surface area contributed by atoms with E-state index in [2.05, 4.69) is 48.9 Å². The highest BCUT2D eigenvalue weighted by molar-refractivity contribution is 5.90. The van der Waals surface area contributed by atoms with E-state index in [-0.39, 0.29) is 5.54 Å². The lowest BCUT2D eigenvalue weighted by Crippen LogP contribution is -2.33. The van der Waals surface area contributed by atoms with Gasteiger partial charge in [-0.05, 0) is 39.8 Å². The number of nitrogens with zero attached hydrogens (tertiary/aromatic N) is 1. The van der Waals surface area contributed by atoms with Crippen molar-refractivity contribution in [2.45, 2.75) is 39.3 Å². The van der Waals surface area contributed by atoms with Crippen LogP contribution in [-0.4, -0.2) is 11.6 Å². The van der Waals surface area contributed by atoms with Gasteiger partial charge in [-0.2, -0.15) is 0 Å². The molecule has 0 amide bonds. The van der Waals surface area contributed by atoms with Gasteiger partial charge in [-0.3, -0.25) is 0 Å². The number of hydrogen-bond donors (Lipinski definition) is 1. The van der Waals surface area contributed by atoms with Crippen LogP contribution in [0.25, 0.3) is 10.9 Å². The summed E-state index contributed by atoms with van der Waals surface area (Å²) in [6.45, 7) is 7.91. The average Bonchev–Trinajstić information content (AvgIpc) is 2.84. The van der Waals surface area contributed by atoms with Gasteiger partial charge in [0, 0.05) is 28.7 Å². The predicted octanol–water partition coefficient (Wildman–Crippen LogP) is 2.96. The second kappa shape index (κ2) is 3.36. The molecular weight excluding hydrogens is 208 g/mol. The quantitative estimate of drug-likeness (QED) is 0.836. The van der Waals surface area contributed by atoms with E-state index < -0.39 is 0 Å². The molecule has 0 atom stereocenters. The molecule has 0 bridgehead atoms. The second-order valence-corrected chi connectivity index (χ2v) is 5.55. The van der Waals surface area contributed by atoms with Crippen LogP contribution in [0.3, 0.4) is 0 Å². The molecule has 3 rings (SSSR count). The van der Waals surface area contributed by atoms with E-state index in [4.69, 9.17) is 0 Å². The van der Waals surface area contributed by atoms with Gasteiger partial charge in [0.25, 0.3) is 0 Å². The molecule has 1 N–H and O–H groups in total. The Hall–Kier alpha value is -1.28. The van der Waals surface area contributed by atoms with Crippen LogP contribution in [0, 0.1) is 6.92 Å². The van der Waals surface area contributed by atoms with Crippen molar-refractivity contribution < 1.29 is 0 Å². The average molecular weight is 228 g/mol. The van der Waals surface area contributed by atoms with Crippen molar-refractivity contribution >= 4 is 10.9 Å². The highest BCUT2D eigenvalue weighted by Gasteiger charge is 2.29. The lowest BCUT2D eigenvalue weighted by Gasteiger charge is -2.25. The smallest absolute Gasteiger partial charge is 0.0519 e. The summed E-state index contributed by atoms with van der Waals surface area (Å²) in [7, 11) is 2.04. The normalized spacial score (nSPS) is 14.8. The Morgan fingerprint density at radius 2 is 2.06 bits per heavy atom. The third-order valence-electron chi connectivity index (χ3n) is 4.28. The Labute approximate surface area is 103 Å². The first kappa shape index (κ1) is 10.8. The van der Waals surface area contributed by atoms with Gasteiger partial charge in [0.05, 0.1) is 5.52 Å². The summed E-state index contributed by atoms with van der Waals surface area (Å²) in [6, 6.07) is 6.73. The van der Waals surface area contributed by atoms with Crippen molar-refractivity contribution in [3.8, 4) is 0 Å². The number of rotatable bonds is 2. The van der Waals surface area contributed by atoms with Crippen LogP contribution in [0.1, 0.15) is 30.7 Å². The molecule has 0 saturated carbocycles. The summed E-state index contributed by atoms with van der Waals surface area (Å²) in [5.41, 5.74) is 5.87. The van der Waals surface area contributed by atoms with Gasteiger partial charge in [0.1, 0.15) is 0 Å². The fourth-order valence-electron chi connectivity index (χ4n) is 3.24. The Morgan fingerprint density at radius 1 is 1.29 bits per heavy atom. The third kappa shape index (κ3) is 1.31. The molecule has 0 aliphatic carbocycles. The highest BCUT2D eigenvalue weighted by Crippen LogP contribution is 2.38. The van der Waals surface area contributed by atoms with E-state index in [1.165, 1.54) is 34.1 Å². The molecular formula is C15H20N2. The molecule has 0 radical (unpaired) electrons. The molecule has 1 aromatic carbocycles. The van der Waals surface area contributed by atoms with Crippen molar-refractivity contribution in [2.75, 3.05) is 7.05 Å². The van der Waals surface area contributed by atoms with Crippen LogP contribution in [0.2, 0.25) is 0 Å². The minimum atomic E-state index is 0.0313. The SMILES string of the molecule is CNC(C)(C)c1c(C)n2c3c(cccc13)CC2. The first-order valence-electron chi connectivity index (χ1n) is 6.36. The Morgan fingerprint density at radius 3 is 2.76 bits per heavy atom. The molecule has 1 aliphatic heterocycles. The first-order chi connectivity index (χ1) is 8.06. The fraction of sp³-hybridized carbons (Fsp3) is 0.467. The van der Waals surface area contributed by atoms with E-state index in [0.29, 0.717) is 0 Å². The van der Waals surface area contributed by atoms with Gasteiger partial charge >= 0.3 is 0 Å². The number of hydrogen-bond acceptors (Lipinski definition) is 1. The number of nitrogens with one attached hydrogen (secondary N) is 1. The van der Waals surface area contributed by atoms with Gasteiger partial charge in [0.2, 0.25) is 0 Å². The van der Waals surface area contributed by atoms with Gasteiger partial charge in [-0.25, -0.2) is 0 Å². The maximum atomic E-state index is 3.43. The van der Waals surface area contributed by atoms with Gasteiger partial charge in [-0.1, -0.05) is 18.2 Å². The molecule has 0 saturated heterocycles. The van der Waals surface area contributed by atoms with Crippen molar-refractivity contribution in [3.63, 3.8) is 0 Å². The minimum Gasteiger partial charge on any atom is -0.344 e. The van der Waals surface area contributed by atoms with Crippen molar-refractivity contribution in [2.24, 2.45) is 0 Å². The molecule has 90 valence electrons. The van der Waals surface area contributed by atoms with E-state index in [0.717, 1.165) is 6.54 Å². The maximum absolute atomic E-state index is 3.43. The van der Waals surface area contributed by atoms with Crippen LogP contribution < -0.4 is 5.32 Å². The topological polar surface area (TPSA) is 17.0 Å². The number of aryl methyl sites for hydroxylation is 2. The maximum Gasteiger partial charge on any atom is 0.0519 e. The van der Waals surface area contributed by atoms with E-state index >= 15 is 0 Å². The summed E-state index contributed by atoms with van der Waals surface area (Å²) < 4.78 is 2.49. The lowest BCUT2D eigenvalue weighted by molar-refractivity contribution is 0.443. The Balaban J connectivity index is 2.41. The first-order valence-corrected chi connectivity index (χ1v) is 6.36. The Kier molecular flexibility index (Phi) is 2.14. The van der Waals surface area contributed by atoms with Gasteiger partial charge < -0.3 is 9.88 Å². The van der Waals surface area contributed by atoms with Crippen LogP contribution >= 0.6 is 0 Å². The number of para-hydroxylation sites is 1. The summed E-state index contributed by atoms with van der Waals surface area (Å²) in [4.78, 5) is 0. The molecule has 0 unspecified atom stereocenters. The molecule has 1 aliphatic rings. The molecule has 2 heterocycles. The zero-order valence-corrected chi connectivity index (χ0v) is 11.1. The van der Waals surface area contributed by atoms with Gasteiger partial charge in [-0.15, -0.1) is 0 Å². The zero-order valence-electron chi connectivity index (χ0n) is 11.1. The second-order valence-electron chi connectivity index (χ2n) is 5.55. The third-order valence-corrected chi connectivity index (χ3v) is 4.28. The molecule has 2 heteroatoms. The van der Waals surface area contributed by atoms with Crippen molar-refractivity contribution in [1.29, 1.82) is 0 Å². The number of benzene rings is 1. The monoisotopic (exact) mass is 228 g/mol. The molecule has 2 aromatic rings. The molecule has 0 spiro atoms. The standard InChI is InChI=1S/C15H20N2/c1-10-13(15(2,3)16-4)12-7-5-6-11-8-9-17(10)14(11)12/h5-7,16H,8-9H2,1-4H3. The minimum absolute atomic E-state index is 0.0313. The summed E-state index contributed by atoms with van der Waals surface area (Å²) >= 11 is 0. The summed E-state index contributed by atoms with van der Waals surface area (Å²) in [6.07, 6.45) is 1.19. The van der Waals surface area contributed by atoms with Crippen LogP contribution in [-0.2, 0) is 18.5 Å². The summed E-state index contributed by atoms with van der Waals surface area (Å²) in [5, 5.41) is 4.86. The van der Waals surface area contributed by atoms with E-state index in [9.17, 15) is 0 Å². The molecule has 0 fully saturated rings. The van der Waals surface area contributed by atoms with Crippen LogP contribution in [0.15, 0.2) is 18.2 Å². The lowest BCUT2D eigenvalue weighted by atomic mass is 9.91. The van der Waals surface area contributed by atoms with E-state index in [1.807, 2.05) is 7.05 Å². The predicted molar refractivity (Wildman–Crippen MR) is 72.5 cm³/mol. The van der Waals surface area contributed by atoms with Crippen molar-refractivity contribution in [1.82, 2.24) is 9.88 Å².